The molecule has 0 fully saturated rings. The van der Waals surface area contributed by atoms with E-state index in [1.165, 1.54) is 19.8 Å². The molecule has 0 saturated carbocycles. The number of ether oxygens (including phenoxy) is 4. The number of hydrogen-bond acceptors (Lipinski definition) is 6. The van der Waals surface area contributed by atoms with Crippen molar-refractivity contribution in [2.75, 3.05) is 34.5 Å². The second-order valence-corrected chi connectivity index (χ2v) is 5.94. The maximum Gasteiger partial charge on any atom is 0.343 e. The van der Waals surface area contributed by atoms with Crippen molar-refractivity contribution in [2.45, 2.75) is 12.8 Å². The molecule has 0 aliphatic rings. The van der Waals surface area contributed by atoms with Crippen LogP contribution in [0.2, 0.25) is 0 Å². The Bertz CT molecular complexity index is 788. The molecule has 28 heavy (non-hydrogen) atoms. The number of carbonyl (C=O) groups is 2. The van der Waals surface area contributed by atoms with Crippen molar-refractivity contribution in [1.29, 1.82) is 0 Å². The van der Waals surface area contributed by atoms with Crippen LogP contribution >= 0.6 is 0 Å². The van der Waals surface area contributed by atoms with Crippen molar-refractivity contribution in [3.63, 3.8) is 0 Å². The zero-order chi connectivity index (χ0) is 20.4. The van der Waals surface area contributed by atoms with E-state index in [1.807, 2.05) is 24.3 Å². The van der Waals surface area contributed by atoms with E-state index in [4.69, 9.17) is 14.2 Å². The lowest BCUT2D eigenvalue weighted by Crippen LogP contribution is -2.24. The van der Waals surface area contributed by atoms with Gasteiger partial charge in [-0.1, -0.05) is 12.1 Å². The highest BCUT2D eigenvalue weighted by Gasteiger charge is 2.12. The summed E-state index contributed by atoms with van der Waals surface area (Å²) in [6.45, 7) is 0.317. The SMILES string of the molecule is COC(=O)COc1ccc(C(=O)NCCCc2ccc(OC)cc2)cc1OC. The van der Waals surface area contributed by atoms with Gasteiger partial charge in [-0.3, -0.25) is 4.79 Å². The molecule has 150 valence electrons. The minimum atomic E-state index is -0.499. The molecule has 1 amide bonds. The third-order valence-electron chi connectivity index (χ3n) is 4.09. The van der Waals surface area contributed by atoms with Crippen LogP contribution in [0.25, 0.3) is 0 Å². The minimum absolute atomic E-state index is 0.201. The summed E-state index contributed by atoms with van der Waals surface area (Å²) >= 11 is 0. The summed E-state index contributed by atoms with van der Waals surface area (Å²) in [6.07, 6.45) is 1.67. The second kappa shape index (κ2) is 10.8. The highest BCUT2D eigenvalue weighted by molar-refractivity contribution is 5.94. The van der Waals surface area contributed by atoms with E-state index in [-0.39, 0.29) is 12.5 Å². The molecule has 2 rings (SSSR count). The molecule has 0 spiro atoms. The number of rotatable bonds is 10. The van der Waals surface area contributed by atoms with Crippen LogP contribution in [0.4, 0.5) is 0 Å². The van der Waals surface area contributed by atoms with Crippen molar-refractivity contribution in [2.24, 2.45) is 0 Å². The van der Waals surface area contributed by atoms with E-state index in [0.29, 0.717) is 23.6 Å². The lowest BCUT2D eigenvalue weighted by molar-refractivity contribution is -0.142. The molecule has 0 atom stereocenters. The Kier molecular flexibility index (Phi) is 8.14. The molecule has 0 aliphatic carbocycles. The first-order chi connectivity index (χ1) is 13.6. The summed E-state index contributed by atoms with van der Waals surface area (Å²) < 4.78 is 20.2. The van der Waals surface area contributed by atoms with Crippen LogP contribution in [0.3, 0.4) is 0 Å². The number of aryl methyl sites for hydroxylation is 1. The molecule has 2 aromatic carbocycles. The Labute approximate surface area is 164 Å². The van der Waals surface area contributed by atoms with E-state index in [0.717, 1.165) is 18.6 Å². The van der Waals surface area contributed by atoms with Gasteiger partial charge < -0.3 is 24.3 Å². The Morgan fingerprint density at radius 2 is 1.68 bits per heavy atom. The molecule has 0 saturated heterocycles. The van der Waals surface area contributed by atoms with Crippen LogP contribution in [0, 0.1) is 0 Å². The fourth-order valence-electron chi connectivity index (χ4n) is 2.51. The molecule has 0 radical (unpaired) electrons. The van der Waals surface area contributed by atoms with Gasteiger partial charge in [0.1, 0.15) is 5.75 Å². The number of hydrogen-bond donors (Lipinski definition) is 1. The molecule has 0 heterocycles. The number of amides is 1. The first-order valence-electron chi connectivity index (χ1n) is 8.86. The van der Waals surface area contributed by atoms with Crippen molar-refractivity contribution >= 4 is 11.9 Å². The number of carbonyl (C=O) groups excluding carboxylic acids is 2. The molecule has 0 aliphatic heterocycles. The third kappa shape index (κ3) is 6.19. The normalized spacial score (nSPS) is 10.1. The predicted octanol–water partition coefficient (Wildman–Crippen LogP) is 2.62. The van der Waals surface area contributed by atoms with Crippen molar-refractivity contribution in [1.82, 2.24) is 5.32 Å². The molecule has 0 aromatic heterocycles. The van der Waals surface area contributed by atoms with Gasteiger partial charge in [0.25, 0.3) is 5.91 Å². The van der Waals surface area contributed by atoms with Gasteiger partial charge in [0, 0.05) is 12.1 Å². The molecule has 7 nitrogen and oxygen atoms in total. The zero-order valence-electron chi connectivity index (χ0n) is 16.3. The fourth-order valence-corrected chi connectivity index (χ4v) is 2.51. The minimum Gasteiger partial charge on any atom is -0.497 e. The van der Waals surface area contributed by atoms with Gasteiger partial charge in [-0.2, -0.15) is 0 Å². The first-order valence-corrected chi connectivity index (χ1v) is 8.86. The highest BCUT2D eigenvalue weighted by atomic mass is 16.6. The summed E-state index contributed by atoms with van der Waals surface area (Å²) in [5.41, 5.74) is 1.63. The van der Waals surface area contributed by atoms with Gasteiger partial charge in [-0.15, -0.1) is 0 Å². The Hall–Kier alpha value is -3.22. The topological polar surface area (TPSA) is 83.1 Å². The van der Waals surface area contributed by atoms with Crippen LogP contribution in [0.5, 0.6) is 17.2 Å². The van der Waals surface area contributed by atoms with Gasteiger partial charge >= 0.3 is 5.97 Å². The maximum absolute atomic E-state index is 12.3. The molecular formula is C21H25NO6. The predicted molar refractivity (Wildman–Crippen MR) is 104 cm³/mol. The number of methoxy groups -OCH3 is 3. The average molecular weight is 387 g/mol. The molecule has 0 bridgehead atoms. The Morgan fingerprint density at radius 1 is 0.929 bits per heavy atom. The van der Waals surface area contributed by atoms with Crippen LogP contribution in [0.15, 0.2) is 42.5 Å². The third-order valence-corrected chi connectivity index (χ3v) is 4.09. The van der Waals surface area contributed by atoms with Gasteiger partial charge in [-0.05, 0) is 48.7 Å². The number of nitrogens with one attached hydrogen (secondary N) is 1. The first kappa shape index (κ1) is 21.1. The molecule has 2 aromatic rings. The van der Waals surface area contributed by atoms with Crippen LogP contribution in [-0.2, 0) is 16.0 Å². The van der Waals surface area contributed by atoms with Crippen LogP contribution in [0.1, 0.15) is 22.3 Å². The largest absolute Gasteiger partial charge is 0.497 e. The fraction of sp³-hybridized carbons (Fsp3) is 0.333. The lowest BCUT2D eigenvalue weighted by Gasteiger charge is -2.12. The average Bonchev–Trinajstić information content (AvgIpc) is 2.75. The summed E-state index contributed by atoms with van der Waals surface area (Å²) in [5, 5.41) is 2.89. The van der Waals surface area contributed by atoms with E-state index in [2.05, 4.69) is 10.1 Å². The molecule has 0 unspecified atom stereocenters. The second-order valence-electron chi connectivity index (χ2n) is 5.94. The smallest absolute Gasteiger partial charge is 0.343 e. The van der Waals surface area contributed by atoms with Gasteiger partial charge in [0.15, 0.2) is 18.1 Å². The highest BCUT2D eigenvalue weighted by Crippen LogP contribution is 2.28. The summed E-state index contributed by atoms with van der Waals surface area (Å²) in [5.74, 6) is 0.858. The molecular weight excluding hydrogens is 362 g/mol. The van der Waals surface area contributed by atoms with Gasteiger partial charge in [0.05, 0.1) is 21.3 Å². The van der Waals surface area contributed by atoms with E-state index in [9.17, 15) is 9.59 Å². The summed E-state index contributed by atoms with van der Waals surface area (Å²) in [4.78, 5) is 23.5. The van der Waals surface area contributed by atoms with Crippen LogP contribution in [-0.4, -0.2) is 46.4 Å². The van der Waals surface area contributed by atoms with Crippen LogP contribution < -0.4 is 19.5 Å². The Morgan fingerprint density at radius 3 is 2.32 bits per heavy atom. The quantitative estimate of drug-likeness (QED) is 0.498. The number of benzene rings is 2. The van der Waals surface area contributed by atoms with E-state index < -0.39 is 5.97 Å². The Balaban J connectivity index is 1.84. The van der Waals surface area contributed by atoms with Gasteiger partial charge in [-0.25, -0.2) is 4.79 Å². The lowest BCUT2D eigenvalue weighted by atomic mass is 10.1. The monoisotopic (exact) mass is 387 g/mol. The number of esters is 1. The van der Waals surface area contributed by atoms with Crippen molar-refractivity contribution in [3.8, 4) is 17.2 Å². The maximum atomic E-state index is 12.3. The molecule has 7 heteroatoms. The molecule has 1 N–H and O–H groups in total. The summed E-state index contributed by atoms with van der Waals surface area (Å²) in [6, 6.07) is 12.7. The summed E-state index contributed by atoms with van der Waals surface area (Å²) in [7, 11) is 4.39. The van der Waals surface area contributed by atoms with E-state index in [1.54, 1.807) is 25.3 Å². The van der Waals surface area contributed by atoms with Crippen molar-refractivity contribution in [3.05, 3.63) is 53.6 Å². The van der Waals surface area contributed by atoms with Gasteiger partial charge in [0.2, 0.25) is 0 Å². The standard InChI is InChI=1S/C21H25NO6/c1-25-17-9-6-15(7-10-17)5-4-12-22-21(24)16-8-11-18(19(13-16)26-2)28-14-20(23)27-3/h6-11,13H,4-5,12,14H2,1-3H3,(H,22,24). The van der Waals surface area contributed by atoms with E-state index >= 15 is 0 Å². The zero-order valence-corrected chi connectivity index (χ0v) is 16.3. The van der Waals surface area contributed by atoms with Crippen molar-refractivity contribution < 1.29 is 28.5 Å².